The first-order valence-electron chi connectivity index (χ1n) is 9.34. The summed E-state index contributed by atoms with van der Waals surface area (Å²) >= 11 is 6.38. The number of hydrogen-bond acceptors (Lipinski definition) is 3. The Morgan fingerprint density at radius 1 is 1.03 bits per heavy atom. The summed E-state index contributed by atoms with van der Waals surface area (Å²) in [5.41, 5.74) is 3.98. The largest absolute Gasteiger partial charge is 0.306 e. The second-order valence-corrected chi connectivity index (χ2v) is 8.30. The van der Waals surface area contributed by atoms with Crippen LogP contribution in [0.5, 0.6) is 0 Å². The number of nitrogens with zero attached hydrogens (tertiary/aromatic N) is 3. The van der Waals surface area contributed by atoms with Gasteiger partial charge in [0.05, 0.1) is 11.9 Å². The summed E-state index contributed by atoms with van der Waals surface area (Å²) < 4.78 is 1.70. The minimum absolute atomic E-state index is 0.0352. The predicted octanol–water partition coefficient (Wildman–Crippen LogP) is 5.60. The van der Waals surface area contributed by atoms with Gasteiger partial charge in [0.25, 0.3) is 5.91 Å². The molecule has 0 unspecified atom stereocenters. The Hall–Kier alpha value is -3.18. The zero-order valence-corrected chi connectivity index (χ0v) is 17.2. The molecule has 0 aliphatic heterocycles. The van der Waals surface area contributed by atoms with E-state index in [0.29, 0.717) is 22.1 Å². The number of aromatic nitrogens is 3. The fourth-order valence-corrected chi connectivity index (χ4v) is 3.38. The molecule has 2 aromatic heterocycles. The molecule has 0 atom stereocenters. The highest BCUT2D eigenvalue weighted by Gasteiger charge is 2.16. The number of halogens is 1. The summed E-state index contributed by atoms with van der Waals surface area (Å²) in [7, 11) is 0. The van der Waals surface area contributed by atoms with Gasteiger partial charge in [0, 0.05) is 28.3 Å². The Kier molecular flexibility index (Phi) is 4.84. The summed E-state index contributed by atoms with van der Waals surface area (Å²) in [6.45, 7) is 6.43. The minimum atomic E-state index is -0.216. The number of amides is 1. The highest BCUT2D eigenvalue weighted by molar-refractivity contribution is 6.33. The van der Waals surface area contributed by atoms with E-state index < -0.39 is 0 Å². The van der Waals surface area contributed by atoms with Gasteiger partial charge in [-0.1, -0.05) is 62.7 Å². The Morgan fingerprint density at radius 2 is 1.76 bits per heavy atom. The molecule has 0 aliphatic carbocycles. The first-order chi connectivity index (χ1) is 13.8. The van der Waals surface area contributed by atoms with Gasteiger partial charge in [-0.3, -0.25) is 4.79 Å². The van der Waals surface area contributed by atoms with Crippen molar-refractivity contribution >= 4 is 29.0 Å². The van der Waals surface area contributed by atoms with Crippen LogP contribution in [0.1, 0.15) is 36.7 Å². The second-order valence-electron chi connectivity index (χ2n) is 7.89. The highest BCUT2D eigenvalue weighted by atomic mass is 35.5. The van der Waals surface area contributed by atoms with Gasteiger partial charge in [-0.15, -0.1) is 0 Å². The number of carbonyl (C=O) groups excluding carboxylic acids is 1. The van der Waals surface area contributed by atoms with Crippen LogP contribution in [0.4, 0.5) is 5.82 Å². The standard InChI is InChI=1S/C23H21ClN4O/c1-23(2,3)16-10-8-15(9-11-16)22(29)27-20-14-19(17-6-4-5-7-18(17)24)28-21(26-20)12-13-25-28/h4-14H,1-3H3,(H,26,27,29). The van der Waals surface area contributed by atoms with Crippen LogP contribution < -0.4 is 5.32 Å². The summed E-state index contributed by atoms with van der Waals surface area (Å²) in [6.07, 6.45) is 1.67. The van der Waals surface area contributed by atoms with E-state index in [9.17, 15) is 4.79 Å². The number of hydrogen-bond donors (Lipinski definition) is 1. The van der Waals surface area contributed by atoms with Crippen molar-refractivity contribution in [1.82, 2.24) is 14.6 Å². The lowest BCUT2D eigenvalue weighted by Crippen LogP contribution is -2.15. The number of carbonyl (C=O) groups is 1. The molecule has 0 bridgehead atoms. The fourth-order valence-electron chi connectivity index (χ4n) is 3.15. The van der Waals surface area contributed by atoms with Crippen molar-refractivity contribution in [3.05, 3.63) is 83.0 Å². The number of anilines is 1. The smallest absolute Gasteiger partial charge is 0.256 e. The van der Waals surface area contributed by atoms with Crippen molar-refractivity contribution in [3.8, 4) is 11.3 Å². The Balaban J connectivity index is 1.68. The fraction of sp³-hybridized carbons (Fsp3) is 0.174. The first-order valence-corrected chi connectivity index (χ1v) is 9.72. The lowest BCUT2D eigenvalue weighted by Gasteiger charge is -2.19. The van der Waals surface area contributed by atoms with Crippen molar-refractivity contribution in [2.75, 3.05) is 5.32 Å². The van der Waals surface area contributed by atoms with Crippen molar-refractivity contribution in [1.29, 1.82) is 0 Å². The van der Waals surface area contributed by atoms with Gasteiger partial charge in [0.1, 0.15) is 5.82 Å². The number of benzene rings is 2. The van der Waals surface area contributed by atoms with Crippen molar-refractivity contribution in [3.63, 3.8) is 0 Å². The van der Waals surface area contributed by atoms with Crippen LogP contribution in [0.2, 0.25) is 5.02 Å². The van der Waals surface area contributed by atoms with Crippen LogP contribution in [0, 0.1) is 0 Å². The maximum Gasteiger partial charge on any atom is 0.256 e. The molecule has 1 N–H and O–H groups in total. The highest BCUT2D eigenvalue weighted by Crippen LogP contribution is 2.29. The molecule has 5 nitrogen and oxygen atoms in total. The third-order valence-electron chi connectivity index (χ3n) is 4.76. The Labute approximate surface area is 174 Å². The zero-order valence-electron chi connectivity index (χ0n) is 16.5. The van der Waals surface area contributed by atoms with Gasteiger partial charge in [-0.05, 0) is 29.2 Å². The van der Waals surface area contributed by atoms with Crippen LogP contribution in [0.15, 0.2) is 66.9 Å². The zero-order chi connectivity index (χ0) is 20.6. The normalized spacial score (nSPS) is 11.6. The lowest BCUT2D eigenvalue weighted by molar-refractivity contribution is 0.102. The van der Waals surface area contributed by atoms with E-state index in [1.807, 2.05) is 48.5 Å². The molecular weight excluding hydrogens is 384 g/mol. The second kappa shape index (κ2) is 7.33. The molecular formula is C23H21ClN4O. The molecule has 0 aliphatic rings. The summed E-state index contributed by atoms with van der Waals surface area (Å²) in [4.78, 5) is 17.3. The van der Waals surface area contributed by atoms with E-state index >= 15 is 0 Å². The van der Waals surface area contributed by atoms with Crippen LogP contribution in [0.25, 0.3) is 16.9 Å². The molecule has 146 valence electrons. The number of nitrogens with one attached hydrogen (secondary N) is 1. The quantitative estimate of drug-likeness (QED) is 0.483. The molecule has 2 aromatic carbocycles. The molecule has 6 heteroatoms. The van der Waals surface area contributed by atoms with Crippen LogP contribution in [-0.2, 0) is 5.41 Å². The average molecular weight is 405 g/mol. The molecule has 0 spiro atoms. The molecule has 0 saturated carbocycles. The van der Waals surface area contributed by atoms with Crippen LogP contribution in [0.3, 0.4) is 0 Å². The van der Waals surface area contributed by atoms with Gasteiger partial charge < -0.3 is 5.32 Å². The molecule has 29 heavy (non-hydrogen) atoms. The summed E-state index contributed by atoms with van der Waals surface area (Å²) in [5.74, 6) is 0.227. The minimum Gasteiger partial charge on any atom is -0.306 e. The SMILES string of the molecule is CC(C)(C)c1ccc(C(=O)Nc2cc(-c3ccccc3Cl)n3nccc3n2)cc1. The van der Waals surface area contributed by atoms with Crippen molar-refractivity contribution in [2.24, 2.45) is 0 Å². The van der Waals surface area contributed by atoms with E-state index in [1.54, 1.807) is 22.8 Å². The number of fused-ring (bicyclic) bond motifs is 1. The molecule has 0 fully saturated rings. The van der Waals surface area contributed by atoms with E-state index in [0.717, 1.165) is 11.3 Å². The van der Waals surface area contributed by atoms with Gasteiger partial charge in [-0.2, -0.15) is 5.10 Å². The monoisotopic (exact) mass is 404 g/mol. The van der Waals surface area contributed by atoms with E-state index in [-0.39, 0.29) is 11.3 Å². The summed E-state index contributed by atoms with van der Waals surface area (Å²) in [6, 6.07) is 18.7. The van der Waals surface area contributed by atoms with Crippen molar-refractivity contribution in [2.45, 2.75) is 26.2 Å². The lowest BCUT2D eigenvalue weighted by atomic mass is 9.87. The summed E-state index contributed by atoms with van der Waals surface area (Å²) in [5, 5.41) is 7.83. The topological polar surface area (TPSA) is 59.3 Å². The van der Waals surface area contributed by atoms with Gasteiger partial charge in [0.15, 0.2) is 5.65 Å². The van der Waals surface area contributed by atoms with Gasteiger partial charge in [-0.25, -0.2) is 9.50 Å². The Bertz CT molecular complexity index is 1190. The van der Waals surface area contributed by atoms with E-state index in [2.05, 4.69) is 36.2 Å². The molecule has 4 aromatic rings. The predicted molar refractivity (Wildman–Crippen MR) is 117 cm³/mol. The van der Waals surface area contributed by atoms with Crippen LogP contribution >= 0.6 is 11.6 Å². The molecule has 0 saturated heterocycles. The van der Waals surface area contributed by atoms with Gasteiger partial charge in [0.2, 0.25) is 0 Å². The van der Waals surface area contributed by atoms with Crippen molar-refractivity contribution < 1.29 is 4.79 Å². The van der Waals surface area contributed by atoms with Gasteiger partial charge >= 0.3 is 0 Å². The first kappa shape index (κ1) is 19.2. The number of rotatable bonds is 3. The third kappa shape index (κ3) is 3.87. The maximum atomic E-state index is 12.8. The van der Waals surface area contributed by atoms with E-state index in [4.69, 9.17) is 11.6 Å². The average Bonchev–Trinajstić information content (AvgIpc) is 3.16. The molecule has 1 amide bonds. The molecule has 4 rings (SSSR count). The third-order valence-corrected chi connectivity index (χ3v) is 5.09. The maximum absolute atomic E-state index is 12.8. The van der Waals surface area contributed by atoms with E-state index in [1.165, 1.54) is 5.56 Å². The van der Waals surface area contributed by atoms with Crippen LogP contribution in [-0.4, -0.2) is 20.5 Å². The molecule has 0 radical (unpaired) electrons. The molecule has 2 heterocycles. The Morgan fingerprint density at radius 3 is 2.45 bits per heavy atom.